The molecule has 0 aromatic rings. The molecule has 2 aliphatic carbocycles. The number of nitrogens with one attached hydrogen (secondary N) is 1. The van der Waals surface area contributed by atoms with Crippen molar-refractivity contribution in [3.05, 3.63) is 0 Å². The molecule has 2 fully saturated rings. The smallest absolute Gasteiger partial charge is 0.332 e. The van der Waals surface area contributed by atoms with E-state index >= 15 is 0 Å². The Hall–Kier alpha value is -1.10. The molecular weight excluding hydrogens is 256 g/mol. The second kappa shape index (κ2) is 5.02. The van der Waals surface area contributed by atoms with Crippen molar-refractivity contribution in [2.75, 3.05) is 6.61 Å². The van der Waals surface area contributed by atoms with Crippen LogP contribution in [0.2, 0.25) is 0 Å². The Balaban J connectivity index is 2.06. The Morgan fingerprint density at radius 3 is 2.55 bits per heavy atom. The van der Waals surface area contributed by atoms with Crippen molar-refractivity contribution in [1.29, 1.82) is 0 Å². The molecule has 4 atom stereocenters. The first-order chi connectivity index (χ1) is 9.22. The zero-order valence-corrected chi connectivity index (χ0v) is 12.9. The number of hydrogen-bond acceptors (Lipinski definition) is 4. The van der Waals surface area contributed by atoms with Gasteiger partial charge in [0.25, 0.3) is 0 Å². The van der Waals surface area contributed by atoms with Gasteiger partial charge in [0.15, 0.2) is 6.04 Å². The van der Waals surface area contributed by atoms with E-state index in [4.69, 9.17) is 10.5 Å². The summed E-state index contributed by atoms with van der Waals surface area (Å²) < 4.78 is 4.80. The van der Waals surface area contributed by atoms with Gasteiger partial charge in [0.05, 0.1) is 6.61 Å². The van der Waals surface area contributed by atoms with E-state index in [1.54, 1.807) is 6.92 Å². The van der Waals surface area contributed by atoms with E-state index in [0.29, 0.717) is 5.92 Å². The molecule has 0 radical (unpaired) electrons. The Bertz CT molecular complexity index is 417. The van der Waals surface area contributed by atoms with Gasteiger partial charge in [-0.3, -0.25) is 4.79 Å². The van der Waals surface area contributed by atoms with E-state index in [1.165, 1.54) is 6.42 Å². The third-order valence-corrected chi connectivity index (χ3v) is 5.38. The van der Waals surface area contributed by atoms with E-state index in [-0.39, 0.29) is 23.5 Å². The van der Waals surface area contributed by atoms with Crippen molar-refractivity contribution in [2.45, 2.75) is 59.0 Å². The first-order valence-electron chi connectivity index (χ1n) is 7.45. The Morgan fingerprint density at radius 1 is 1.40 bits per heavy atom. The average Bonchev–Trinajstić information content (AvgIpc) is 2.85. The average molecular weight is 282 g/mol. The molecule has 0 aromatic heterocycles. The third kappa shape index (κ3) is 2.32. The van der Waals surface area contributed by atoms with Crippen molar-refractivity contribution < 1.29 is 14.3 Å². The van der Waals surface area contributed by atoms with E-state index in [9.17, 15) is 9.59 Å². The van der Waals surface area contributed by atoms with Crippen LogP contribution in [-0.4, -0.2) is 30.6 Å². The fourth-order valence-electron chi connectivity index (χ4n) is 4.23. The van der Waals surface area contributed by atoms with Crippen LogP contribution in [0.5, 0.6) is 0 Å². The molecule has 3 N–H and O–H groups in total. The van der Waals surface area contributed by atoms with Crippen LogP contribution in [0.25, 0.3) is 0 Å². The summed E-state index contributed by atoms with van der Waals surface area (Å²) in [5.41, 5.74) is 5.84. The van der Waals surface area contributed by atoms with Crippen LogP contribution in [-0.2, 0) is 14.3 Å². The first-order valence-corrected chi connectivity index (χ1v) is 7.45. The Morgan fingerprint density at radius 2 is 2.05 bits per heavy atom. The van der Waals surface area contributed by atoms with Crippen LogP contribution in [0, 0.1) is 16.7 Å². The fraction of sp³-hybridized carbons (Fsp3) is 0.867. The Kier molecular flexibility index (Phi) is 3.84. The highest BCUT2D eigenvalue weighted by Gasteiger charge is 2.59. The maximum absolute atomic E-state index is 12.2. The molecule has 0 heterocycles. The molecule has 20 heavy (non-hydrogen) atoms. The van der Waals surface area contributed by atoms with Crippen LogP contribution < -0.4 is 11.1 Å². The van der Waals surface area contributed by atoms with Crippen LogP contribution in [0.3, 0.4) is 0 Å². The SMILES string of the molecule is CCOC(=O)C(N)C(=O)NC1C2(C)CCC(C2)C1(C)C. The second-order valence-corrected chi connectivity index (χ2v) is 7.09. The monoisotopic (exact) mass is 282 g/mol. The van der Waals surface area contributed by atoms with Crippen molar-refractivity contribution in [2.24, 2.45) is 22.5 Å². The molecule has 0 aromatic carbocycles. The molecule has 2 bridgehead atoms. The zero-order valence-electron chi connectivity index (χ0n) is 12.9. The van der Waals surface area contributed by atoms with Crippen LogP contribution >= 0.6 is 0 Å². The van der Waals surface area contributed by atoms with Gasteiger partial charge in [0.2, 0.25) is 5.91 Å². The van der Waals surface area contributed by atoms with Crippen LogP contribution in [0.15, 0.2) is 0 Å². The number of carbonyl (C=O) groups excluding carboxylic acids is 2. The lowest BCUT2D eigenvalue weighted by molar-refractivity contribution is -0.148. The molecule has 0 spiro atoms. The first kappa shape index (κ1) is 15.3. The van der Waals surface area contributed by atoms with Crippen LogP contribution in [0.1, 0.15) is 47.0 Å². The van der Waals surface area contributed by atoms with Crippen molar-refractivity contribution in [1.82, 2.24) is 5.32 Å². The molecule has 5 nitrogen and oxygen atoms in total. The number of carbonyl (C=O) groups is 2. The summed E-state index contributed by atoms with van der Waals surface area (Å²) in [6, 6.07) is -1.16. The maximum atomic E-state index is 12.2. The lowest BCUT2D eigenvalue weighted by Crippen LogP contribution is -2.57. The number of fused-ring (bicyclic) bond motifs is 2. The summed E-state index contributed by atoms with van der Waals surface area (Å²) in [4.78, 5) is 23.7. The number of nitrogens with two attached hydrogens (primary N) is 1. The standard InChI is InChI=1S/C15H26N2O3/c1-5-20-12(19)10(16)11(18)17-13-14(2,3)9-6-7-15(13,4)8-9/h9-10,13H,5-8,16H2,1-4H3,(H,17,18). The molecule has 2 aliphatic rings. The van der Waals surface area contributed by atoms with Gasteiger partial charge in [-0.15, -0.1) is 0 Å². The normalized spacial score (nSPS) is 35.6. The molecule has 114 valence electrons. The lowest BCUT2D eigenvalue weighted by Gasteiger charge is -2.43. The third-order valence-electron chi connectivity index (χ3n) is 5.38. The van der Waals surface area contributed by atoms with Crippen molar-refractivity contribution in [3.63, 3.8) is 0 Å². The number of esters is 1. The Labute approximate surface area is 120 Å². The number of ether oxygens (including phenoxy) is 1. The highest BCUT2D eigenvalue weighted by molar-refractivity contribution is 6.01. The lowest BCUT2D eigenvalue weighted by atomic mass is 9.68. The topological polar surface area (TPSA) is 81.4 Å². The molecule has 5 heteroatoms. The van der Waals surface area contributed by atoms with Gasteiger partial charge >= 0.3 is 5.97 Å². The highest BCUT2D eigenvalue weighted by Crippen LogP contribution is 2.62. The summed E-state index contributed by atoms with van der Waals surface area (Å²) in [6.07, 6.45) is 3.49. The molecule has 2 saturated carbocycles. The molecule has 2 rings (SSSR count). The van der Waals surface area contributed by atoms with E-state index in [2.05, 4.69) is 26.1 Å². The summed E-state index contributed by atoms with van der Waals surface area (Å²) >= 11 is 0. The van der Waals surface area contributed by atoms with E-state index in [0.717, 1.165) is 12.8 Å². The summed E-state index contributed by atoms with van der Waals surface area (Å²) in [5, 5.41) is 3.02. The predicted molar refractivity (Wildman–Crippen MR) is 75.8 cm³/mol. The summed E-state index contributed by atoms with van der Waals surface area (Å²) in [5.74, 6) is -0.442. The highest BCUT2D eigenvalue weighted by atomic mass is 16.5. The van der Waals surface area contributed by atoms with E-state index in [1.807, 2.05) is 0 Å². The molecule has 4 unspecified atom stereocenters. The zero-order chi connectivity index (χ0) is 15.1. The minimum Gasteiger partial charge on any atom is -0.464 e. The minimum absolute atomic E-state index is 0.0526. The van der Waals surface area contributed by atoms with Gasteiger partial charge in [-0.1, -0.05) is 20.8 Å². The second-order valence-electron chi connectivity index (χ2n) is 7.09. The largest absolute Gasteiger partial charge is 0.464 e. The summed E-state index contributed by atoms with van der Waals surface area (Å²) in [7, 11) is 0. The summed E-state index contributed by atoms with van der Waals surface area (Å²) in [6.45, 7) is 8.55. The fourth-order valence-corrected chi connectivity index (χ4v) is 4.23. The van der Waals surface area contributed by atoms with Crippen LogP contribution in [0.4, 0.5) is 0 Å². The molecule has 1 amide bonds. The van der Waals surface area contributed by atoms with Gasteiger partial charge in [-0.05, 0) is 42.9 Å². The van der Waals surface area contributed by atoms with Gasteiger partial charge < -0.3 is 15.8 Å². The number of rotatable bonds is 4. The molecule has 0 aliphatic heterocycles. The van der Waals surface area contributed by atoms with Crippen molar-refractivity contribution >= 4 is 11.9 Å². The van der Waals surface area contributed by atoms with Gasteiger partial charge in [-0.25, -0.2) is 4.79 Å². The van der Waals surface area contributed by atoms with Gasteiger partial charge in [0, 0.05) is 6.04 Å². The number of amides is 1. The number of hydrogen-bond donors (Lipinski definition) is 2. The van der Waals surface area contributed by atoms with Crippen molar-refractivity contribution in [3.8, 4) is 0 Å². The predicted octanol–water partition coefficient (Wildman–Crippen LogP) is 1.21. The molecular formula is C15H26N2O3. The van der Waals surface area contributed by atoms with Gasteiger partial charge in [0.1, 0.15) is 0 Å². The van der Waals surface area contributed by atoms with E-state index < -0.39 is 17.9 Å². The molecule has 0 saturated heterocycles. The quantitative estimate of drug-likeness (QED) is 0.600. The minimum atomic E-state index is -1.23. The van der Waals surface area contributed by atoms with Gasteiger partial charge in [-0.2, -0.15) is 0 Å². The maximum Gasteiger partial charge on any atom is 0.332 e.